The van der Waals surface area contributed by atoms with Crippen LogP contribution in [-0.2, 0) is 15.5 Å². The van der Waals surface area contributed by atoms with E-state index in [1.165, 1.54) is 19.3 Å². The molecule has 0 saturated heterocycles. The molecule has 0 amide bonds. The Labute approximate surface area is 69.6 Å². The Morgan fingerprint density at radius 2 is 2.00 bits per heavy atom. The van der Waals surface area contributed by atoms with Crippen molar-refractivity contribution in [2.24, 2.45) is 5.92 Å². The molecule has 3 nitrogen and oxygen atoms in total. The first-order chi connectivity index (χ1) is 5.29. The van der Waals surface area contributed by atoms with Crippen molar-refractivity contribution < 1.29 is 12.9 Å². The van der Waals surface area contributed by atoms with Crippen molar-refractivity contribution >= 4 is 11.4 Å². The third-order valence-electron chi connectivity index (χ3n) is 2.12. The van der Waals surface area contributed by atoms with Gasteiger partial charge in [0.15, 0.2) is 0 Å². The van der Waals surface area contributed by atoms with Crippen LogP contribution in [-0.4, -0.2) is 15.4 Å². The lowest BCUT2D eigenvalue weighted by atomic mass is 9.90. The van der Waals surface area contributed by atoms with Gasteiger partial charge in [0.2, 0.25) is 0 Å². The van der Waals surface area contributed by atoms with Gasteiger partial charge in [0.05, 0.1) is 18.0 Å². The van der Waals surface area contributed by atoms with Crippen molar-refractivity contribution in [2.75, 3.05) is 6.61 Å². The van der Waals surface area contributed by atoms with E-state index in [0.29, 0.717) is 12.5 Å². The summed E-state index contributed by atoms with van der Waals surface area (Å²) in [4.78, 5) is 0. The van der Waals surface area contributed by atoms with Gasteiger partial charge in [-0.15, -0.1) is 0 Å². The molecule has 0 aromatic heterocycles. The summed E-state index contributed by atoms with van der Waals surface area (Å²) in [7, 11) is 0. The molecule has 0 heterocycles. The fraction of sp³-hybridized carbons (Fsp3) is 1.00. The average Bonchev–Trinajstić information content (AvgIpc) is 2.03. The molecule has 1 atom stereocenters. The first-order valence-corrected chi connectivity index (χ1v) is 5.01. The van der Waals surface area contributed by atoms with Crippen LogP contribution in [0.25, 0.3) is 0 Å². The zero-order valence-electron chi connectivity index (χ0n) is 6.45. The van der Waals surface area contributed by atoms with Gasteiger partial charge < -0.3 is 8.74 Å². The van der Waals surface area contributed by atoms with Gasteiger partial charge in [-0.25, -0.2) is 4.21 Å². The van der Waals surface area contributed by atoms with E-state index in [-0.39, 0.29) is 0 Å². The van der Waals surface area contributed by atoms with Crippen LogP contribution in [0.2, 0.25) is 0 Å². The Morgan fingerprint density at radius 1 is 1.36 bits per heavy atom. The summed E-state index contributed by atoms with van der Waals surface area (Å²) in [6, 6.07) is 0. The van der Waals surface area contributed by atoms with Gasteiger partial charge in [-0.1, -0.05) is 19.3 Å². The third-order valence-corrected chi connectivity index (χ3v) is 2.45. The normalized spacial score (nSPS) is 23.4. The van der Waals surface area contributed by atoms with Crippen LogP contribution in [0.3, 0.4) is 0 Å². The maximum atomic E-state index is 10.0. The monoisotopic (exact) mass is 177 g/mol. The highest BCUT2D eigenvalue weighted by Crippen LogP contribution is 2.23. The second kappa shape index (κ2) is 4.85. The van der Waals surface area contributed by atoms with Crippen molar-refractivity contribution in [2.45, 2.75) is 32.1 Å². The van der Waals surface area contributed by atoms with Gasteiger partial charge >= 0.3 is 0 Å². The Hall–Kier alpha value is 0.0700. The Bertz CT molecular complexity index is 132. The van der Waals surface area contributed by atoms with E-state index in [9.17, 15) is 8.76 Å². The molecule has 11 heavy (non-hydrogen) atoms. The van der Waals surface area contributed by atoms with E-state index in [4.69, 9.17) is 0 Å². The topological polar surface area (TPSA) is 49.4 Å². The van der Waals surface area contributed by atoms with Gasteiger partial charge in [-0.3, -0.25) is 0 Å². The maximum absolute atomic E-state index is 10.0. The quantitative estimate of drug-likeness (QED) is 0.612. The highest BCUT2D eigenvalue weighted by molar-refractivity contribution is 7.74. The molecule has 0 aromatic rings. The van der Waals surface area contributed by atoms with Crippen LogP contribution in [0.4, 0.5) is 0 Å². The minimum atomic E-state index is -2.32. The average molecular weight is 177 g/mol. The predicted octanol–water partition coefficient (Wildman–Crippen LogP) is 1.38. The van der Waals surface area contributed by atoms with Crippen molar-refractivity contribution in [3.05, 3.63) is 0 Å². The maximum Gasteiger partial charge on any atom is 0.0842 e. The lowest BCUT2D eigenvalue weighted by Crippen LogP contribution is -2.13. The molecule has 0 spiro atoms. The largest absolute Gasteiger partial charge is 0.750 e. The molecule has 1 fully saturated rings. The van der Waals surface area contributed by atoms with Crippen molar-refractivity contribution in [1.82, 2.24) is 0 Å². The van der Waals surface area contributed by atoms with Gasteiger partial charge in [0.25, 0.3) is 0 Å². The molecule has 1 rings (SSSR count). The van der Waals surface area contributed by atoms with Gasteiger partial charge in [0, 0.05) is 0 Å². The van der Waals surface area contributed by atoms with Crippen molar-refractivity contribution in [3.8, 4) is 0 Å². The molecule has 66 valence electrons. The van der Waals surface area contributed by atoms with Gasteiger partial charge in [0.1, 0.15) is 0 Å². The summed E-state index contributed by atoms with van der Waals surface area (Å²) in [5, 5.41) is 0. The van der Waals surface area contributed by atoms with E-state index in [1.807, 2.05) is 0 Å². The second-order valence-corrected chi connectivity index (χ2v) is 3.64. The molecule has 0 radical (unpaired) electrons. The summed E-state index contributed by atoms with van der Waals surface area (Å²) < 4.78 is 24.5. The SMILES string of the molecule is O=S([O-])OCC1CCCCC1. The van der Waals surface area contributed by atoms with Crippen molar-refractivity contribution in [3.63, 3.8) is 0 Å². The van der Waals surface area contributed by atoms with Crippen LogP contribution < -0.4 is 0 Å². The highest BCUT2D eigenvalue weighted by atomic mass is 32.2. The van der Waals surface area contributed by atoms with Crippen molar-refractivity contribution in [1.29, 1.82) is 0 Å². The molecule has 1 unspecified atom stereocenters. The van der Waals surface area contributed by atoms with E-state index in [0.717, 1.165) is 12.8 Å². The van der Waals surface area contributed by atoms with E-state index in [2.05, 4.69) is 4.18 Å². The first-order valence-electron chi connectivity index (χ1n) is 4.01. The molecular weight excluding hydrogens is 164 g/mol. The highest BCUT2D eigenvalue weighted by Gasteiger charge is 2.13. The number of rotatable bonds is 3. The predicted molar refractivity (Wildman–Crippen MR) is 41.4 cm³/mol. The number of hydrogen-bond donors (Lipinski definition) is 0. The first kappa shape index (κ1) is 9.16. The fourth-order valence-corrected chi connectivity index (χ4v) is 1.81. The lowest BCUT2D eigenvalue weighted by molar-refractivity contribution is 0.207. The van der Waals surface area contributed by atoms with Gasteiger partial charge in [-0.05, 0) is 18.8 Å². The molecule has 0 aromatic carbocycles. The zero-order chi connectivity index (χ0) is 8.10. The molecule has 4 heteroatoms. The summed E-state index contributed by atoms with van der Waals surface area (Å²) in [5.74, 6) is 0.474. The Kier molecular flexibility index (Phi) is 4.04. The van der Waals surface area contributed by atoms with E-state index < -0.39 is 11.4 Å². The second-order valence-electron chi connectivity index (χ2n) is 2.99. The standard InChI is InChI=1S/C7H14O3S/c8-11(9)10-6-7-4-2-1-3-5-7/h7H,1-6H2,(H,8,9)/p-1. The summed E-state index contributed by atoms with van der Waals surface area (Å²) in [5.41, 5.74) is 0. The van der Waals surface area contributed by atoms with Crippen LogP contribution >= 0.6 is 0 Å². The molecule has 1 aliphatic rings. The molecule has 0 bridgehead atoms. The lowest BCUT2D eigenvalue weighted by Gasteiger charge is -2.21. The summed E-state index contributed by atoms with van der Waals surface area (Å²) in [6.45, 7) is 0.385. The number of hydrogen-bond acceptors (Lipinski definition) is 3. The Morgan fingerprint density at radius 3 is 2.55 bits per heavy atom. The van der Waals surface area contributed by atoms with Gasteiger partial charge in [-0.2, -0.15) is 0 Å². The smallest absolute Gasteiger partial charge is 0.0842 e. The molecular formula is C7H13O3S-. The van der Waals surface area contributed by atoms with Crippen LogP contribution in [0.15, 0.2) is 0 Å². The summed E-state index contributed by atoms with van der Waals surface area (Å²) >= 11 is -2.32. The zero-order valence-corrected chi connectivity index (χ0v) is 7.27. The van der Waals surface area contributed by atoms with Crippen LogP contribution in [0.5, 0.6) is 0 Å². The fourth-order valence-electron chi connectivity index (χ4n) is 1.51. The molecule has 0 aliphatic heterocycles. The third kappa shape index (κ3) is 3.84. The molecule has 1 saturated carbocycles. The minimum Gasteiger partial charge on any atom is -0.750 e. The minimum absolute atomic E-state index is 0.385. The molecule has 1 aliphatic carbocycles. The van der Waals surface area contributed by atoms with Crippen LogP contribution in [0, 0.1) is 5.92 Å². The Balaban J connectivity index is 2.09. The van der Waals surface area contributed by atoms with E-state index >= 15 is 0 Å². The van der Waals surface area contributed by atoms with E-state index in [1.54, 1.807) is 0 Å². The molecule has 0 N–H and O–H groups in total. The van der Waals surface area contributed by atoms with Crippen LogP contribution in [0.1, 0.15) is 32.1 Å². The summed E-state index contributed by atoms with van der Waals surface area (Å²) in [6.07, 6.45) is 5.98.